The summed E-state index contributed by atoms with van der Waals surface area (Å²) in [4.78, 5) is 35.9. The Morgan fingerprint density at radius 3 is 0.870 bits per heavy atom. The van der Waals surface area contributed by atoms with Gasteiger partial charge in [0.2, 0.25) is 0 Å². The van der Waals surface area contributed by atoms with E-state index in [9.17, 15) is 19.0 Å². The summed E-state index contributed by atoms with van der Waals surface area (Å²) in [5.74, 6) is -0.800. The van der Waals surface area contributed by atoms with Crippen molar-refractivity contribution in [2.75, 3.05) is 47.5 Å². The van der Waals surface area contributed by atoms with Gasteiger partial charge in [0.05, 0.1) is 27.7 Å². The van der Waals surface area contributed by atoms with Gasteiger partial charge >= 0.3 is 19.8 Å². The van der Waals surface area contributed by atoms with Gasteiger partial charge in [0, 0.05) is 12.8 Å². The molecular weight excluding hydrogens is 1160 g/mol. The van der Waals surface area contributed by atoms with Crippen molar-refractivity contribution >= 4 is 19.8 Å². The Morgan fingerprint density at radius 2 is 0.587 bits per heavy atom. The molecule has 0 aliphatic carbocycles. The minimum atomic E-state index is -4.40. The second-order valence-electron chi connectivity index (χ2n) is 25.6. The summed E-state index contributed by atoms with van der Waals surface area (Å²) in [6.45, 7) is 4.21. The fourth-order valence-corrected chi connectivity index (χ4v) is 10.7. The molecule has 9 nitrogen and oxygen atoms in total. The molecule has 0 saturated carbocycles. The molecule has 2 unspecified atom stereocenters. The van der Waals surface area contributed by atoms with Crippen LogP contribution in [0.15, 0.2) is 158 Å². The van der Waals surface area contributed by atoms with Gasteiger partial charge in [0.15, 0.2) is 6.10 Å². The van der Waals surface area contributed by atoms with Crippen LogP contribution in [0.2, 0.25) is 0 Å². The van der Waals surface area contributed by atoms with Gasteiger partial charge in [0.1, 0.15) is 19.8 Å². The molecule has 0 bridgehead atoms. The quantitative estimate of drug-likeness (QED) is 0.0211. The molecule has 0 aliphatic heterocycles. The molecular formula is C82H139NO8P+. The predicted octanol–water partition coefficient (Wildman–Crippen LogP) is 24.7. The number of carbonyl (C=O) groups excluding carboxylic acids is 2. The van der Waals surface area contributed by atoms with Crippen LogP contribution >= 0.6 is 7.82 Å². The van der Waals surface area contributed by atoms with Gasteiger partial charge in [-0.3, -0.25) is 18.6 Å². The van der Waals surface area contributed by atoms with Crippen LogP contribution in [-0.2, 0) is 32.7 Å². The molecule has 0 heterocycles. The van der Waals surface area contributed by atoms with Crippen LogP contribution in [0.25, 0.3) is 0 Å². The zero-order valence-electron chi connectivity index (χ0n) is 59.7. The third kappa shape index (κ3) is 74.7. The minimum Gasteiger partial charge on any atom is -0.462 e. The van der Waals surface area contributed by atoms with Crippen molar-refractivity contribution in [3.8, 4) is 0 Å². The van der Waals surface area contributed by atoms with Crippen LogP contribution in [-0.4, -0.2) is 74.9 Å². The van der Waals surface area contributed by atoms with Crippen molar-refractivity contribution in [1.29, 1.82) is 0 Å². The number of unbranched alkanes of at least 4 members (excludes halogenated alkanes) is 27. The average Bonchev–Trinajstić information content (AvgIpc) is 2.14. The minimum absolute atomic E-state index is 0.0256. The van der Waals surface area contributed by atoms with Crippen molar-refractivity contribution in [2.24, 2.45) is 0 Å². The van der Waals surface area contributed by atoms with E-state index in [1.807, 2.05) is 21.1 Å². The first-order valence-corrected chi connectivity index (χ1v) is 38.7. The highest BCUT2D eigenvalue weighted by atomic mass is 31.2. The number of likely N-dealkylation sites (N-methyl/N-ethyl adjacent to an activating group) is 1. The second kappa shape index (κ2) is 70.9. The highest BCUT2D eigenvalue weighted by Crippen LogP contribution is 2.43. The first-order chi connectivity index (χ1) is 45.0. The number of esters is 2. The van der Waals surface area contributed by atoms with E-state index in [1.54, 1.807) is 0 Å². The average molecular weight is 1300 g/mol. The van der Waals surface area contributed by atoms with E-state index < -0.39 is 26.5 Å². The zero-order chi connectivity index (χ0) is 66.9. The normalized spacial score (nSPS) is 14.0. The van der Waals surface area contributed by atoms with E-state index in [0.29, 0.717) is 17.4 Å². The fraction of sp³-hybridized carbons (Fsp3) is 0.659. The van der Waals surface area contributed by atoms with Crippen molar-refractivity contribution in [2.45, 2.75) is 302 Å². The third-order valence-electron chi connectivity index (χ3n) is 15.6. The standard InChI is InChI=1S/C82H138NO8P/c1-6-8-10-12-14-16-18-20-22-24-26-28-30-32-34-36-37-38-39-40-41-42-43-44-45-47-49-51-53-55-57-59-61-63-65-67-69-71-73-75-82(85)91-80(79-90-92(86,87)89-77-76-83(3,4)5)78-88-81(84)74-72-70-68-66-64-62-60-58-56-54-52-50-48-46-35-33-31-29-27-25-23-21-19-17-15-13-11-9-7-2/h8-11,14-17,20-23,26-29,32-35,37-38,40-41,43-44,80H,6-7,12-13,18-19,24-25,30-31,36,39,42,45-79H2,1-5H3/p+1/b10-8-,11-9-,16-14-,17-15-,22-20-,23-21-,28-26-,29-27-,34-32-,35-33-,38-37-,41-40-,44-43-. The summed E-state index contributed by atoms with van der Waals surface area (Å²) in [5.41, 5.74) is 0. The first kappa shape index (κ1) is 87.6. The monoisotopic (exact) mass is 1300 g/mol. The van der Waals surface area contributed by atoms with E-state index in [2.05, 4.69) is 172 Å². The van der Waals surface area contributed by atoms with Gasteiger partial charge in [-0.05, 0) is 122 Å². The van der Waals surface area contributed by atoms with Crippen molar-refractivity contribution < 1.29 is 42.1 Å². The molecule has 0 radical (unpaired) electrons. The molecule has 0 aromatic rings. The SMILES string of the molecule is CC/C=C\C/C=C\C/C=C\C/C=C\C/C=C\C/C=C\C/C=C\C/C=C\CCCCCCCCCCCCCCCCC(=O)OC(COC(=O)CCCCCCCCCCCCCCC/C=C\C/C=C\C/C=C\C/C=C\C/C=C\CC)COP(=O)(O)OCC[N+](C)(C)C. The van der Waals surface area contributed by atoms with Gasteiger partial charge < -0.3 is 18.9 Å². The van der Waals surface area contributed by atoms with E-state index in [4.69, 9.17) is 18.5 Å². The maximum atomic E-state index is 12.9. The highest BCUT2D eigenvalue weighted by molar-refractivity contribution is 7.47. The number of rotatable bonds is 67. The lowest BCUT2D eigenvalue weighted by molar-refractivity contribution is -0.870. The number of carbonyl (C=O) groups is 2. The lowest BCUT2D eigenvalue weighted by Gasteiger charge is -2.24. The molecule has 0 aromatic carbocycles. The van der Waals surface area contributed by atoms with Crippen LogP contribution in [0.1, 0.15) is 296 Å². The Hall–Kier alpha value is -4.37. The second-order valence-corrected chi connectivity index (χ2v) is 27.0. The molecule has 92 heavy (non-hydrogen) atoms. The predicted molar refractivity (Wildman–Crippen MR) is 399 cm³/mol. The Bertz CT molecular complexity index is 2110. The van der Waals surface area contributed by atoms with E-state index in [-0.39, 0.29) is 32.0 Å². The van der Waals surface area contributed by atoms with Gasteiger partial charge in [-0.2, -0.15) is 0 Å². The van der Waals surface area contributed by atoms with Crippen LogP contribution in [0.3, 0.4) is 0 Å². The van der Waals surface area contributed by atoms with Gasteiger partial charge in [0.25, 0.3) is 0 Å². The molecule has 0 spiro atoms. The summed E-state index contributed by atoms with van der Waals surface area (Å²) in [6.07, 6.45) is 106. The maximum absolute atomic E-state index is 12.9. The Morgan fingerprint density at radius 1 is 0.337 bits per heavy atom. The summed E-state index contributed by atoms with van der Waals surface area (Å²) in [6, 6.07) is 0. The number of phosphoric ester groups is 1. The van der Waals surface area contributed by atoms with Gasteiger partial charge in [-0.25, -0.2) is 4.57 Å². The third-order valence-corrected chi connectivity index (χ3v) is 16.5. The maximum Gasteiger partial charge on any atom is 0.472 e. The molecule has 0 fully saturated rings. The number of nitrogens with zero attached hydrogens (tertiary/aromatic N) is 1. The fourth-order valence-electron chi connectivity index (χ4n) is 9.94. The number of hydrogen-bond acceptors (Lipinski definition) is 7. The Labute approximate surface area is 566 Å². The van der Waals surface area contributed by atoms with Gasteiger partial charge in [-0.1, -0.05) is 320 Å². The number of hydrogen-bond donors (Lipinski definition) is 1. The Kier molecular flexibility index (Phi) is 67.6. The van der Waals surface area contributed by atoms with Crippen LogP contribution in [0, 0.1) is 0 Å². The van der Waals surface area contributed by atoms with Crippen molar-refractivity contribution in [3.63, 3.8) is 0 Å². The molecule has 0 aliphatic rings. The zero-order valence-corrected chi connectivity index (χ0v) is 60.6. The molecule has 10 heteroatoms. The molecule has 524 valence electrons. The molecule has 2 atom stereocenters. The summed E-state index contributed by atoms with van der Waals surface area (Å²) in [7, 11) is 1.47. The molecule has 0 rings (SSSR count). The van der Waals surface area contributed by atoms with E-state index >= 15 is 0 Å². The molecule has 1 N–H and O–H groups in total. The van der Waals surface area contributed by atoms with Crippen LogP contribution < -0.4 is 0 Å². The molecule has 0 aromatic heterocycles. The topological polar surface area (TPSA) is 108 Å². The number of phosphoric acid groups is 1. The van der Waals surface area contributed by atoms with Gasteiger partial charge in [-0.15, -0.1) is 0 Å². The Balaban J connectivity index is 4.05. The largest absolute Gasteiger partial charge is 0.472 e. The lowest BCUT2D eigenvalue weighted by atomic mass is 10.0. The molecule has 0 amide bonds. The highest BCUT2D eigenvalue weighted by Gasteiger charge is 2.27. The lowest BCUT2D eigenvalue weighted by Crippen LogP contribution is -2.37. The van der Waals surface area contributed by atoms with Crippen molar-refractivity contribution in [1.82, 2.24) is 0 Å². The van der Waals surface area contributed by atoms with Crippen LogP contribution in [0.5, 0.6) is 0 Å². The van der Waals surface area contributed by atoms with Crippen LogP contribution in [0.4, 0.5) is 0 Å². The molecule has 0 saturated heterocycles. The first-order valence-electron chi connectivity index (χ1n) is 37.2. The summed E-state index contributed by atoms with van der Waals surface area (Å²) < 4.78 is 34.8. The number of allylic oxidation sites excluding steroid dienone is 26. The van der Waals surface area contributed by atoms with Crippen molar-refractivity contribution in [3.05, 3.63) is 158 Å². The smallest absolute Gasteiger partial charge is 0.462 e. The summed E-state index contributed by atoms with van der Waals surface area (Å²) in [5, 5.41) is 0. The number of quaternary nitrogens is 1. The van der Waals surface area contributed by atoms with E-state index in [0.717, 1.165) is 122 Å². The van der Waals surface area contributed by atoms with E-state index in [1.165, 1.54) is 141 Å². The summed E-state index contributed by atoms with van der Waals surface area (Å²) >= 11 is 0. The number of ether oxygens (including phenoxy) is 2.